The van der Waals surface area contributed by atoms with Crippen LogP contribution in [-0.4, -0.2) is 26.4 Å². The van der Waals surface area contributed by atoms with Crippen molar-refractivity contribution in [2.45, 2.75) is 98.6 Å². The van der Waals surface area contributed by atoms with E-state index < -0.39 is 13.1 Å². The van der Waals surface area contributed by atoms with Crippen molar-refractivity contribution in [1.82, 2.24) is 9.97 Å². The topological polar surface area (TPSA) is 25.8 Å². The monoisotopic (exact) mass is 636 g/mol. The molecule has 2 heterocycles. The molecule has 0 spiro atoms. The number of nitrogens with zero attached hydrogens (tertiary/aromatic N) is 2. The molecule has 45 heavy (non-hydrogen) atoms. The molecule has 0 saturated carbocycles. The lowest BCUT2D eigenvalue weighted by Gasteiger charge is -2.45. The van der Waals surface area contributed by atoms with Gasteiger partial charge in [0.2, 0.25) is 0 Å². The Morgan fingerprint density at radius 3 is 1.47 bits per heavy atom. The van der Waals surface area contributed by atoms with E-state index in [1.54, 1.807) is 5.57 Å². The normalized spacial score (nSPS) is 17.1. The smallest absolute Gasteiger partial charge is 0.0933 e. The zero-order chi connectivity index (χ0) is 33.2. The van der Waals surface area contributed by atoms with E-state index in [9.17, 15) is 0 Å². The molecule has 238 valence electrons. The van der Waals surface area contributed by atoms with Crippen LogP contribution in [0.4, 0.5) is 0 Å². The van der Waals surface area contributed by atoms with Gasteiger partial charge < -0.3 is 0 Å². The number of hydrogen-bond acceptors (Lipinski definition) is 2. The van der Waals surface area contributed by atoms with Gasteiger partial charge in [0.05, 0.1) is 27.6 Å². The molecule has 0 aliphatic heterocycles. The Morgan fingerprint density at radius 2 is 1.07 bits per heavy atom. The molecule has 0 saturated heterocycles. The van der Waals surface area contributed by atoms with Crippen LogP contribution in [0, 0.1) is 16.7 Å². The number of aromatic nitrogens is 2. The Hall–Kier alpha value is -2.40. The van der Waals surface area contributed by atoms with E-state index >= 15 is 0 Å². The molecular weight excluding hydrogens is 582 g/mol. The molecule has 2 unspecified atom stereocenters. The van der Waals surface area contributed by atoms with Gasteiger partial charge in [-0.25, -0.2) is 0 Å². The minimum absolute atomic E-state index is 0.0103. The first-order valence-electron chi connectivity index (χ1n) is 16.5. The van der Waals surface area contributed by atoms with Crippen LogP contribution in [0.1, 0.15) is 94.5 Å². The first kappa shape index (κ1) is 33.9. The van der Waals surface area contributed by atoms with E-state index in [4.69, 9.17) is 9.97 Å². The highest BCUT2D eigenvalue weighted by Gasteiger charge is 2.49. The lowest BCUT2D eigenvalue weighted by Crippen LogP contribution is -2.33. The lowest BCUT2D eigenvalue weighted by molar-refractivity contribution is 0.280. The van der Waals surface area contributed by atoms with Crippen molar-refractivity contribution in [3.63, 3.8) is 0 Å². The maximum atomic E-state index is 5.41. The van der Waals surface area contributed by atoms with Gasteiger partial charge in [0, 0.05) is 16.7 Å². The quantitative estimate of drug-likeness (QED) is 0.204. The molecule has 1 aliphatic rings. The van der Waals surface area contributed by atoms with Crippen LogP contribution in [0.25, 0.3) is 21.8 Å². The summed E-state index contributed by atoms with van der Waals surface area (Å²) in [6, 6.07) is 25.9. The Morgan fingerprint density at radius 1 is 0.622 bits per heavy atom. The molecule has 2 nitrogen and oxygen atoms in total. The van der Waals surface area contributed by atoms with Gasteiger partial charge in [-0.2, -0.15) is 0 Å². The van der Waals surface area contributed by atoms with Crippen molar-refractivity contribution in [3.05, 3.63) is 107 Å². The van der Waals surface area contributed by atoms with E-state index in [1.165, 1.54) is 11.1 Å². The van der Waals surface area contributed by atoms with Crippen molar-refractivity contribution in [3.8, 4) is 0 Å². The molecular formula is C41H54N2P2. The highest BCUT2D eigenvalue weighted by molar-refractivity contribution is 7.61. The molecule has 4 aromatic rings. The number of rotatable bonds is 5. The summed E-state index contributed by atoms with van der Waals surface area (Å²) in [5.41, 5.74) is 8.59. The molecule has 4 heteroatoms. The van der Waals surface area contributed by atoms with Gasteiger partial charge in [-0.15, -0.1) is 9.24 Å². The molecule has 0 N–H and O–H groups in total. The third kappa shape index (κ3) is 6.58. The molecule has 2 aromatic carbocycles. The maximum Gasteiger partial charge on any atom is 0.0933 e. The molecule has 0 amide bonds. The SMILES string of the molecule is CC(C)(C)C1=CC(C(P)(c2ccc3ccccc3n2)c2ccc3ccccc3n2)=C(CP(C(C)(C)C)C(C)(C)C)C1C(C)(C)C. The third-order valence-electron chi connectivity index (χ3n) is 9.41. The van der Waals surface area contributed by atoms with Crippen LogP contribution in [0.15, 0.2) is 95.6 Å². The van der Waals surface area contributed by atoms with Crippen molar-refractivity contribution >= 4 is 39.0 Å². The van der Waals surface area contributed by atoms with Gasteiger partial charge in [-0.3, -0.25) is 9.97 Å². The second-order valence-corrected chi connectivity index (χ2v) is 21.8. The number of hydrogen-bond donors (Lipinski definition) is 0. The van der Waals surface area contributed by atoms with Gasteiger partial charge in [0.25, 0.3) is 0 Å². The van der Waals surface area contributed by atoms with Gasteiger partial charge >= 0.3 is 0 Å². The standard InChI is InChI=1S/C41H54N2P2/c1-37(2,3)31-25-30(29(36(31)38(4,5)6)26-45(39(7,8)9)40(10,11)12)41(44,34-23-21-27-17-13-15-19-32(27)42-34)35-24-22-28-18-14-16-20-33(28)43-35/h13-25,36H,26,44H2,1-12H3. The molecule has 0 radical (unpaired) electrons. The van der Waals surface area contributed by atoms with Crippen LogP contribution in [0.2, 0.25) is 0 Å². The molecule has 1 aliphatic carbocycles. The van der Waals surface area contributed by atoms with Crippen molar-refractivity contribution in [2.75, 3.05) is 6.16 Å². The summed E-state index contributed by atoms with van der Waals surface area (Å²) in [5.74, 6) is 0.322. The van der Waals surface area contributed by atoms with Gasteiger partial charge in [0.1, 0.15) is 0 Å². The summed E-state index contributed by atoms with van der Waals surface area (Å²) in [6.45, 7) is 29.2. The minimum atomic E-state index is -0.628. The summed E-state index contributed by atoms with van der Waals surface area (Å²) in [6.07, 6.45) is 3.66. The first-order chi connectivity index (χ1) is 20.7. The van der Waals surface area contributed by atoms with Crippen LogP contribution in [0.3, 0.4) is 0 Å². The van der Waals surface area contributed by atoms with E-state index in [1.807, 2.05) is 0 Å². The summed E-state index contributed by atoms with van der Waals surface area (Å²) in [7, 11) is 2.94. The lowest BCUT2D eigenvalue weighted by atomic mass is 9.67. The van der Waals surface area contributed by atoms with Crippen LogP contribution in [-0.2, 0) is 5.16 Å². The number of pyridine rings is 2. The van der Waals surface area contributed by atoms with Gasteiger partial charge in [-0.1, -0.05) is 157 Å². The fraction of sp³-hybridized carbons (Fsp3) is 0.463. The van der Waals surface area contributed by atoms with E-state index in [0.29, 0.717) is 5.92 Å². The Balaban J connectivity index is 1.91. The zero-order valence-electron chi connectivity index (χ0n) is 29.7. The summed E-state index contributed by atoms with van der Waals surface area (Å²) in [5, 5.41) is 2.08. The molecule has 2 atom stereocenters. The second-order valence-electron chi connectivity index (χ2n) is 17.1. The summed E-state index contributed by atoms with van der Waals surface area (Å²) in [4.78, 5) is 10.8. The Labute approximate surface area is 276 Å². The molecule has 0 fully saturated rings. The first-order valence-corrected chi connectivity index (χ1v) is 18.6. The van der Waals surface area contributed by atoms with E-state index in [2.05, 4.69) is 171 Å². The van der Waals surface area contributed by atoms with E-state index in [-0.39, 0.29) is 21.1 Å². The van der Waals surface area contributed by atoms with E-state index in [0.717, 1.165) is 39.4 Å². The molecule has 5 rings (SSSR count). The maximum absolute atomic E-state index is 5.41. The Bertz CT molecular complexity index is 1690. The van der Waals surface area contributed by atoms with Crippen molar-refractivity contribution < 1.29 is 0 Å². The second kappa shape index (κ2) is 11.7. The Kier molecular flexibility index (Phi) is 8.82. The zero-order valence-corrected chi connectivity index (χ0v) is 31.8. The molecule has 2 aromatic heterocycles. The van der Waals surface area contributed by atoms with Gasteiger partial charge in [-0.05, 0) is 57.1 Å². The minimum Gasteiger partial charge on any atom is -0.251 e. The van der Waals surface area contributed by atoms with Crippen LogP contribution in [0.5, 0.6) is 0 Å². The largest absolute Gasteiger partial charge is 0.251 e. The predicted octanol–water partition coefficient (Wildman–Crippen LogP) is 11.9. The average Bonchev–Trinajstić information content (AvgIpc) is 3.35. The summed E-state index contributed by atoms with van der Waals surface area (Å²) >= 11 is 0. The van der Waals surface area contributed by atoms with Crippen molar-refractivity contribution in [2.24, 2.45) is 16.7 Å². The fourth-order valence-corrected chi connectivity index (χ4v) is 11.7. The molecule has 0 bridgehead atoms. The van der Waals surface area contributed by atoms with Gasteiger partial charge in [0.15, 0.2) is 0 Å². The average molecular weight is 637 g/mol. The highest BCUT2D eigenvalue weighted by Crippen LogP contribution is 2.65. The highest BCUT2D eigenvalue weighted by atomic mass is 31.1. The number of para-hydroxylation sites is 2. The predicted molar refractivity (Wildman–Crippen MR) is 203 cm³/mol. The van der Waals surface area contributed by atoms with Crippen molar-refractivity contribution in [1.29, 1.82) is 0 Å². The van der Waals surface area contributed by atoms with Crippen LogP contribution >= 0.6 is 17.2 Å². The fourth-order valence-electron chi connectivity index (χ4n) is 7.49. The number of allylic oxidation sites excluding steroid dienone is 4. The summed E-state index contributed by atoms with van der Waals surface area (Å²) < 4.78 is 0. The number of fused-ring (bicyclic) bond motifs is 2. The number of benzene rings is 2. The third-order valence-corrected chi connectivity index (χ3v) is 14.2. The van der Waals surface area contributed by atoms with Crippen LogP contribution < -0.4 is 0 Å².